The Hall–Kier alpha value is -2.14. The lowest BCUT2D eigenvalue weighted by atomic mass is 9.79. The van der Waals surface area contributed by atoms with Gasteiger partial charge < -0.3 is 9.80 Å². The Kier molecular flexibility index (Phi) is 4.34. The summed E-state index contributed by atoms with van der Waals surface area (Å²) in [6, 6.07) is 12.1. The Morgan fingerprint density at radius 1 is 1.12 bits per heavy atom. The van der Waals surface area contributed by atoms with Gasteiger partial charge in [-0.3, -0.25) is 9.48 Å². The normalized spacial score (nSPS) is 24.1. The maximum Gasteiger partial charge on any atom is 0.274 e. The number of aromatic nitrogens is 2. The van der Waals surface area contributed by atoms with Gasteiger partial charge in [-0.15, -0.1) is 0 Å². The zero-order valence-corrected chi connectivity index (χ0v) is 14.9. The fourth-order valence-corrected chi connectivity index (χ4v) is 4.39. The molecule has 1 aromatic carbocycles. The van der Waals surface area contributed by atoms with E-state index in [0.29, 0.717) is 17.7 Å². The summed E-state index contributed by atoms with van der Waals surface area (Å²) in [7, 11) is 2.19. The fraction of sp³-hybridized carbons (Fsp3) is 0.500. The summed E-state index contributed by atoms with van der Waals surface area (Å²) in [6.45, 7) is 4.72. The predicted molar refractivity (Wildman–Crippen MR) is 97.5 cm³/mol. The molecule has 1 atom stereocenters. The molecule has 1 amide bonds. The van der Waals surface area contributed by atoms with Gasteiger partial charge >= 0.3 is 0 Å². The molecule has 2 aromatic rings. The molecule has 25 heavy (non-hydrogen) atoms. The molecule has 4 rings (SSSR count). The highest BCUT2D eigenvalue weighted by Crippen LogP contribution is 2.38. The molecule has 0 bridgehead atoms. The molecule has 0 radical (unpaired) electrons. The van der Waals surface area contributed by atoms with E-state index < -0.39 is 0 Å². The average Bonchev–Trinajstić information content (AvgIpc) is 3.23. The van der Waals surface area contributed by atoms with Crippen LogP contribution in [0.2, 0.25) is 0 Å². The van der Waals surface area contributed by atoms with Gasteiger partial charge in [0.25, 0.3) is 5.91 Å². The van der Waals surface area contributed by atoms with E-state index in [1.807, 2.05) is 40.0 Å². The van der Waals surface area contributed by atoms with Gasteiger partial charge in [-0.05, 0) is 44.5 Å². The van der Waals surface area contributed by atoms with Crippen molar-refractivity contribution in [2.24, 2.45) is 5.41 Å². The minimum Gasteiger partial charge on any atom is -0.337 e. The number of carbonyl (C=O) groups excluding carboxylic acids is 1. The number of likely N-dealkylation sites (tertiary alicyclic amines) is 2. The van der Waals surface area contributed by atoms with E-state index in [4.69, 9.17) is 0 Å². The van der Waals surface area contributed by atoms with Crippen molar-refractivity contribution in [2.45, 2.75) is 25.8 Å². The average molecular weight is 338 g/mol. The molecular formula is C20H26N4O. The first-order valence-corrected chi connectivity index (χ1v) is 9.19. The van der Waals surface area contributed by atoms with Crippen LogP contribution in [0.5, 0.6) is 0 Å². The third-order valence-corrected chi connectivity index (χ3v) is 5.62. The van der Waals surface area contributed by atoms with Crippen LogP contribution in [0.1, 0.15) is 35.3 Å². The Bertz CT molecular complexity index is 741. The van der Waals surface area contributed by atoms with Crippen LogP contribution in [0.4, 0.5) is 0 Å². The minimum atomic E-state index is 0.0805. The van der Waals surface area contributed by atoms with Gasteiger partial charge in [0.15, 0.2) is 0 Å². The molecule has 1 unspecified atom stereocenters. The Morgan fingerprint density at radius 2 is 1.96 bits per heavy atom. The highest BCUT2D eigenvalue weighted by molar-refractivity contribution is 5.92. The number of rotatable bonds is 3. The Morgan fingerprint density at radius 3 is 2.76 bits per heavy atom. The fourth-order valence-electron chi connectivity index (χ4n) is 4.39. The van der Waals surface area contributed by atoms with E-state index >= 15 is 0 Å². The van der Waals surface area contributed by atoms with Crippen molar-refractivity contribution in [3.05, 3.63) is 53.9 Å². The molecule has 2 saturated heterocycles. The van der Waals surface area contributed by atoms with Gasteiger partial charge in [0.2, 0.25) is 0 Å². The molecule has 0 saturated carbocycles. The van der Waals surface area contributed by atoms with Crippen LogP contribution >= 0.6 is 0 Å². The van der Waals surface area contributed by atoms with Gasteiger partial charge in [0, 0.05) is 31.2 Å². The number of hydrogen-bond acceptors (Lipinski definition) is 3. The number of piperidine rings is 1. The topological polar surface area (TPSA) is 41.4 Å². The molecule has 132 valence electrons. The minimum absolute atomic E-state index is 0.0805. The van der Waals surface area contributed by atoms with E-state index in [9.17, 15) is 4.79 Å². The molecule has 1 aromatic heterocycles. The quantitative estimate of drug-likeness (QED) is 0.863. The zero-order valence-electron chi connectivity index (χ0n) is 14.9. The standard InChI is InChI=1S/C20H26N4O/c1-22-11-5-9-20(15-22)10-13-23(16-20)19(25)18-8-12-24(21-18)14-17-6-3-2-4-7-17/h2-4,6-8,12H,5,9-11,13-16H2,1H3. The zero-order chi connectivity index (χ0) is 17.3. The summed E-state index contributed by atoms with van der Waals surface area (Å²) >= 11 is 0. The third-order valence-electron chi connectivity index (χ3n) is 5.62. The second-order valence-corrected chi connectivity index (χ2v) is 7.70. The van der Waals surface area contributed by atoms with Gasteiger partial charge in [-0.25, -0.2) is 0 Å². The van der Waals surface area contributed by atoms with Crippen molar-refractivity contribution in [3.63, 3.8) is 0 Å². The summed E-state index contributed by atoms with van der Waals surface area (Å²) in [4.78, 5) is 17.3. The highest BCUT2D eigenvalue weighted by atomic mass is 16.2. The third kappa shape index (κ3) is 3.47. The van der Waals surface area contributed by atoms with Crippen molar-refractivity contribution in [2.75, 3.05) is 33.2 Å². The molecule has 0 N–H and O–H groups in total. The first kappa shape index (κ1) is 16.3. The lowest BCUT2D eigenvalue weighted by Gasteiger charge is -2.38. The van der Waals surface area contributed by atoms with Crippen molar-refractivity contribution < 1.29 is 4.79 Å². The lowest BCUT2D eigenvalue weighted by Crippen LogP contribution is -2.43. The summed E-state index contributed by atoms with van der Waals surface area (Å²) in [5.74, 6) is 0.0805. The number of hydrogen-bond donors (Lipinski definition) is 0. The van der Waals surface area contributed by atoms with Crippen LogP contribution in [0.25, 0.3) is 0 Å². The smallest absolute Gasteiger partial charge is 0.274 e. The second-order valence-electron chi connectivity index (χ2n) is 7.70. The van der Waals surface area contributed by atoms with Crippen molar-refractivity contribution in [1.82, 2.24) is 19.6 Å². The molecule has 2 aliphatic heterocycles. The number of amides is 1. The van der Waals surface area contributed by atoms with Crippen LogP contribution in [-0.4, -0.2) is 58.7 Å². The molecule has 2 aliphatic rings. The maximum absolute atomic E-state index is 12.9. The van der Waals surface area contributed by atoms with Gasteiger partial charge in [0.05, 0.1) is 6.54 Å². The van der Waals surface area contributed by atoms with Gasteiger partial charge in [0.1, 0.15) is 5.69 Å². The van der Waals surface area contributed by atoms with E-state index in [-0.39, 0.29) is 5.91 Å². The highest BCUT2D eigenvalue weighted by Gasteiger charge is 2.42. The van der Waals surface area contributed by atoms with Crippen molar-refractivity contribution >= 4 is 5.91 Å². The van der Waals surface area contributed by atoms with Crippen LogP contribution in [-0.2, 0) is 6.54 Å². The van der Waals surface area contributed by atoms with E-state index in [2.05, 4.69) is 29.2 Å². The van der Waals surface area contributed by atoms with Crippen LogP contribution in [0, 0.1) is 5.41 Å². The largest absolute Gasteiger partial charge is 0.337 e. The predicted octanol–water partition coefficient (Wildman–Crippen LogP) is 2.49. The number of carbonyl (C=O) groups is 1. The van der Waals surface area contributed by atoms with Crippen molar-refractivity contribution in [3.8, 4) is 0 Å². The first-order chi connectivity index (χ1) is 12.1. The van der Waals surface area contributed by atoms with Crippen LogP contribution in [0.3, 0.4) is 0 Å². The molecule has 3 heterocycles. The van der Waals surface area contributed by atoms with Gasteiger partial charge in [-0.2, -0.15) is 5.10 Å². The molecule has 1 spiro atoms. The van der Waals surface area contributed by atoms with E-state index in [1.54, 1.807) is 0 Å². The monoisotopic (exact) mass is 338 g/mol. The van der Waals surface area contributed by atoms with E-state index in [1.165, 1.54) is 24.9 Å². The Labute approximate surface area is 149 Å². The second kappa shape index (κ2) is 6.64. The Balaban J connectivity index is 1.42. The molecular weight excluding hydrogens is 312 g/mol. The van der Waals surface area contributed by atoms with E-state index in [0.717, 1.165) is 26.1 Å². The van der Waals surface area contributed by atoms with Gasteiger partial charge in [-0.1, -0.05) is 30.3 Å². The van der Waals surface area contributed by atoms with Crippen molar-refractivity contribution in [1.29, 1.82) is 0 Å². The molecule has 0 aliphatic carbocycles. The summed E-state index contributed by atoms with van der Waals surface area (Å²) in [6.07, 6.45) is 5.50. The summed E-state index contributed by atoms with van der Waals surface area (Å²) < 4.78 is 1.85. The van der Waals surface area contributed by atoms with Crippen LogP contribution in [0.15, 0.2) is 42.6 Å². The molecule has 2 fully saturated rings. The first-order valence-electron chi connectivity index (χ1n) is 9.19. The number of benzene rings is 1. The summed E-state index contributed by atoms with van der Waals surface area (Å²) in [5.41, 5.74) is 2.06. The summed E-state index contributed by atoms with van der Waals surface area (Å²) in [5, 5.41) is 4.51. The SMILES string of the molecule is CN1CCCC2(CCN(C(=O)c3ccn(Cc4ccccc4)n3)C2)C1. The molecule has 5 heteroatoms. The number of nitrogens with zero attached hydrogens (tertiary/aromatic N) is 4. The molecule has 5 nitrogen and oxygen atoms in total. The van der Waals surface area contributed by atoms with Crippen LogP contribution < -0.4 is 0 Å². The lowest BCUT2D eigenvalue weighted by molar-refractivity contribution is 0.0716. The maximum atomic E-state index is 12.9.